The molecule has 9 heteroatoms. The van der Waals surface area contributed by atoms with E-state index in [1.165, 1.54) is 6.92 Å². The van der Waals surface area contributed by atoms with Crippen molar-refractivity contribution in [3.8, 4) is 0 Å². The molecule has 0 fully saturated rings. The van der Waals surface area contributed by atoms with E-state index in [9.17, 15) is 19.2 Å². The van der Waals surface area contributed by atoms with Crippen LogP contribution >= 0.6 is 0 Å². The molecule has 33 heavy (non-hydrogen) atoms. The molecule has 0 radical (unpaired) electrons. The Morgan fingerprint density at radius 3 is 2.48 bits per heavy atom. The summed E-state index contributed by atoms with van der Waals surface area (Å²) in [5.74, 6) is -1.91. The molecule has 0 aromatic heterocycles. The van der Waals surface area contributed by atoms with Crippen LogP contribution in [0.25, 0.3) is 0 Å². The summed E-state index contributed by atoms with van der Waals surface area (Å²) in [4.78, 5) is 52.7. The molecule has 3 atom stereocenters. The minimum Gasteiger partial charge on any atom is -0.464 e. The highest BCUT2D eigenvalue weighted by molar-refractivity contribution is 5.84. The largest absolute Gasteiger partial charge is 0.464 e. The molecule has 0 heterocycles. The number of esters is 2. The quantitative estimate of drug-likeness (QED) is 0.283. The smallest absolute Gasteiger partial charge is 0.407 e. The second kappa shape index (κ2) is 13.5. The fourth-order valence-electron chi connectivity index (χ4n) is 2.98. The van der Waals surface area contributed by atoms with Crippen LogP contribution in [0.5, 0.6) is 0 Å². The minimum atomic E-state index is -0.992. The molecule has 1 rings (SSSR count). The number of rotatable bonds is 11. The van der Waals surface area contributed by atoms with Gasteiger partial charge >= 0.3 is 18.0 Å². The maximum absolute atomic E-state index is 12.4. The standard InChI is InChI=1S/C24H36N2O7/c1-7-31-22(29)19(26-23(30)32-15-24(3,4)5)14-17-10-11-20(18(13-17)16(2)27)33-21(28)9-8-12-25-6/h10-13,18-20H,7-9,14-15H2,1-6H3,(H,26,30). The third-order valence-corrected chi connectivity index (χ3v) is 4.58. The van der Waals surface area contributed by atoms with Crippen LogP contribution in [0.1, 0.15) is 53.9 Å². The van der Waals surface area contributed by atoms with Gasteiger partial charge in [-0.25, -0.2) is 9.59 Å². The number of hydrogen-bond donors (Lipinski definition) is 1. The number of allylic oxidation sites excluding steroid dienone is 1. The molecule has 3 unspecified atom stereocenters. The first kappa shape index (κ1) is 28.1. The highest BCUT2D eigenvalue weighted by Crippen LogP contribution is 2.25. The molecule has 0 spiro atoms. The Kier molecular flexibility index (Phi) is 11.5. The second-order valence-corrected chi connectivity index (χ2v) is 8.96. The first-order chi connectivity index (χ1) is 15.5. The van der Waals surface area contributed by atoms with Crippen LogP contribution in [-0.2, 0) is 28.6 Å². The summed E-state index contributed by atoms with van der Waals surface area (Å²) in [6, 6.07) is -0.992. The van der Waals surface area contributed by atoms with Crippen molar-refractivity contribution in [2.45, 2.75) is 66.0 Å². The average Bonchev–Trinajstić information content (AvgIpc) is 2.72. The van der Waals surface area contributed by atoms with Gasteiger partial charge in [0, 0.05) is 13.5 Å². The monoisotopic (exact) mass is 464 g/mol. The molecular weight excluding hydrogens is 428 g/mol. The number of alkyl carbamates (subject to hydrolysis) is 1. The molecule has 184 valence electrons. The maximum Gasteiger partial charge on any atom is 0.407 e. The fourth-order valence-corrected chi connectivity index (χ4v) is 2.98. The molecule has 1 aliphatic carbocycles. The summed E-state index contributed by atoms with van der Waals surface area (Å²) in [5, 5.41) is 2.54. The van der Waals surface area contributed by atoms with Crippen molar-refractivity contribution in [3.63, 3.8) is 0 Å². The number of ether oxygens (including phenoxy) is 3. The van der Waals surface area contributed by atoms with Crippen molar-refractivity contribution in [3.05, 3.63) is 23.8 Å². The molecule has 0 saturated carbocycles. The lowest BCUT2D eigenvalue weighted by atomic mass is 9.88. The maximum atomic E-state index is 12.4. The number of ketones is 1. The molecule has 9 nitrogen and oxygen atoms in total. The van der Waals surface area contributed by atoms with E-state index in [0.717, 1.165) is 0 Å². The zero-order valence-corrected chi connectivity index (χ0v) is 20.4. The summed E-state index contributed by atoms with van der Waals surface area (Å²) in [7, 11) is 1.62. The van der Waals surface area contributed by atoms with E-state index in [0.29, 0.717) is 12.0 Å². The van der Waals surface area contributed by atoms with Crippen LogP contribution in [0.3, 0.4) is 0 Å². The van der Waals surface area contributed by atoms with Crippen molar-refractivity contribution < 1.29 is 33.4 Å². The highest BCUT2D eigenvalue weighted by Gasteiger charge is 2.30. The van der Waals surface area contributed by atoms with Crippen LogP contribution < -0.4 is 5.32 Å². The molecule has 0 aromatic carbocycles. The highest BCUT2D eigenvalue weighted by atomic mass is 16.6. The molecule has 0 bridgehead atoms. The van der Waals surface area contributed by atoms with Gasteiger partial charge in [-0.1, -0.05) is 32.9 Å². The molecule has 1 N–H and O–H groups in total. The first-order valence-corrected chi connectivity index (χ1v) is 11.1. The lowest BCUT2D eigenvalue weighted by Crippen LogP contribution is -2.43. The molecule has 0 aromatic rings. The lowest BCUT2D eigenvalue weighted by molar-refractivity contribution is -0.149. The Morgan fingerprint density at radius 1 is 1.21 bits per heavy atom. The van der Waals surface area contributed by atoms with Gasteiger partial charge in [0.15, 0.2) is 0 Å². The fraction of sp³-hybridized carbons (Fsp3) is 0.625. The molecule has 0 saturated heterocycles. The molecule has 1 amide bonds. The van der Waals surface area contributed by atoms with E-state index in [-0.39, 0.29) is 37.3 Å². The van der Waals surface area contributed by atoms with Crippen molar-refractivity contribution in [1.29, 1.82) is 0 Å². The Labute approximate surface area is 195 Å². The predicted octanol–water partition coefficient (Wildman–Crippen LogP) is 3.17. The van der Waals surface area contributed by atoms with Gasteiger partial charge < -0.3 is 24.5 Å². The van der Waals surface area contributed by atoms with E-state index in [2.05, 4.69) is 10.3 Å². The van der Waals surface area contributed by atoms with Crippen molar-refractivity contribution in [1.82, 2.24) is 5.32 Å². The van der Waals surface area contributed by atoms with Gasteiger partial charge in [0.2, 0.25) is 0 Å². The van der Waals surface area contributed by atoms with Crippen LogP contribution in [0.15, 0.2) is 28.8 Å². The number of nitrogens with one attached hydrogen (secondary N) is 1. The van der Waals surface area contributed by atoms with Crippen LogP contribution in [0, 0.1) is 11.3 Å². The summed E-state index contributed by atoms with van der Waals surface area (Å²) < 4.78 is 15.7. The van der Waals surface area contributed by atoms with Gasteiger partial charge in [0.1, 0.15) is 17.9 Å². The molecule has 0 aliphatic heterocycles. The summed E-state index contributed by atoms with van der Waals surface area (Å²) in [6.07, 6.45) is 5.82. The van der Waals surface area contributed by atoms with Crippen molar-refractivity contribution in [2.75, 3.05) is 20.3 Å². The van der Waals surface area contributed by atoms with Gasteiger partial charge in [0.05, 0.1) is 25.6 Å². The van der Waals surface area contributed by atoms with Gasteiger partial charge in [-0.2, -0.15) is 0 Å². The number of aliphatic imine (C=N–C) groups is 1. The summed E-state index contributed by atoms with van der Waals surface area (Å²) in [6.45, 7) is 9.17. The minimum absolute atomic E-state index is 0.0946. The third kappa shape index (κ3) is 10.9. The van der Waals surface area contributed by atoms with Crippen molar-refractivity contribution in [2.24, 2.45) is 16.3 Å². The number of amides is 1. The van der Waals surface area contributed by atoms with Crippen LogP contribution in [0.4, 0.5) is 4.79 Å². The number of carbonyl (C=O) groups excluding carboxylic acids is 4. The van der Waals surface area contributed by atoms with Gasteiger partial charge in [0.25, 0.3) is 0 Å². The van der Waals surface area contributed by atoms with Crippen LogP contribution in [-0.4, -0.2) is 62.4 Å². The van der Waals surface area contributed by atoms with E-state index in [4.69, 9.17) is 14.2 Å². The number of nitrogens with zero attached hydrogens (tertiary/aromatic N) is 1. The van der Waals surface area contributed by atoms with Crippen molar-refractivity contribution >= 4 is 30.0 Å². The van der Waals surface area contributed by atoms with E-state index in [1.54, 1.807) is 38.4 Å². The van der Waals surface area contributed by atoms with E-state index >= 15 is 0 Å². The second-order valence-electron chi connectivity index (χ2n) is 8.96. The van der Waals surface area contributed by atoms with E-state index < -0.39 is 36.1 Å². The average molecular weight is 465 g/mol. The summed E-state index contributed by atoms with van der Waals surface area (Å²) in [5.41, 5.74) is 0.408. The zero-order valence-electron chi connectivity index (χ0n) is 20.4. The zero-order chi connectivity index (χ0) is 25.0. The van der Waals surface area contributed by atoms with Crippen LogP contribution in [0.2, 0.25) is 0 Å². The third-order valence-electron chi connectivity index (χ3n) is 4.58. The lowest BCUT2D eigenvalue weighted by Gasteiger charge is -2.26. The number of carbonyl (C=O) groups is 4. The Hall–Kier alpha value is -2.97. The van der Waals surface area contributed by atoms with E-state index in [1.807, 2.05) is 20.8 Å². The summed E-state index contributed by atoms with van der Waals surface area (Å²) >= 11 is 0. The number of hydrogen-bond acceptors (Lipinski definition) is 8. The van der Waals surface area contributed by atoms with Gasteiger partial charge in [-0.05, 0) is 43.5 Å². The Bertz CT molecular complexity index is 793. The topological polar surface area (TPSA) is 120 Å². The number of Topliss-reactive ketones (excluding diaryl/α,β-unsaturated/α-hetero) is 1. The van der Waals surface area contributed by atoms with Gasteiger partial charge in [-0.3, -0.25) is 9.59 Å². The normalized spacial score (nSPS) is 18.9. The molecule has 1 aliphatic rings. The predicted molar refractivity (Wildman–Crippen MR) is 124 cm³/mol. The Morgan fingerprint density at radius 2 is 1.91 bits per heavy atom. The SMILES string of the molecule is CCOC(=O)C(CC1=CC(C(C)=O)C(OC(=O)CCC=NC)C=C1)NC(=O)OCC(C)(C)C. The Balaban J connectivity index is 2.89. The molecular formula is C24H36N2O7. The first-order valence-electron chi connectivity index (χ1n) is 11.1. The van der Waals surface area contributed by atoms with Gasteiger partial charge in [-0.15, -0.1) is 0 Å².